The van der Waals surface area contributed by atoms with Gasteiger partial charge in [-0.1, -0.05) is 42.5 Å². The maximum absolute atomic E-state index is 5.63. The summed E-state index contributed by atoms with van der Waals surface area (Å²) in [6.45, 7) is 2.60. The van der Waals surface area contributed by atoms with Gasteiger partial charge in [-0.2, -0.15) is 0 Å². The van der Waals surface area contributed by atoms with E-state index in [-0.39, 0.29) is 0 Å². The number of hydrogen-bond donors (Lipinski definition) is 1. The minimum absolute atomic E-state index is 0.603. The van der Waals surface area contributed by atoms with Gasteiger partial charge in [0.15, 0.2) is 5.82 Å². The Hall–Kier alpha value is -2.26. The molecular formula is C17H17N3. The average Bonchev–Trinajstić information content (AvgIpc) is 2.46. The van der Waals surface area contributed by atoms with E-state index >= 15 is 0 Å². The molecule has 0 amide bonds. The average molecular weight is 263 g/mol. The Morgan fingerprint density at radius 3 is 2.65 bits per heavy atom. The summed E-state index contributed by atoms with van der Waals surface area (Å²) in [5.41, 5.74) is 8.68. The van der Waals surface area contributed by atoms with E-state index in [1.807, 2.05) is 31.2 Å². The number of nitrogens with zero attached hydrogens (tertiary/aromatic N) is 2. The van der Waals surface area contributed by atoms with Gasteiger partial charge in [-0.3, -0.25) is 0 Å². The number of fused-ring (bicyclic) bond motifs is 1. The summed E-state index contributed by atoms with van der Waals surface area (Å²) in [7, 11) is 0. The first-order valence-corrected chi connectivity index (χ1v) is 6.80. The van der Waals surface area contributed by atoms with Gasteiger partial charge in [0.05, 0.1) is 0 Å². The lowest BCUT2D eigenvalue weighted by Gasteiger charge is -2.08. The summed E-state index contributed by atoms with van der Waals surface area (Å²) in [5.74, 6) is 0.783. The van der Waals surface area contributed by atoms with Gasteiger partial charge in [0.2, 0.25) is 0 Å². The van der Waals surface area contributed by atoms with Gasteiger partial charge in [-0.15, -0.1) is 0 Å². The lowest BCUT2D eigenvalue weighted by atomic mass is 10.0. The minimum atomic E-state index is 0.603. The molecule has 0 bridgehead atoms. The Morgan fingerprint density at radius 2 is 1.80 bits per heavy atom. The first kappa shape index (κ1) is 12.8. The molecule has 2 aromatic carbocycles. The minimum Gasteiger partial charge on any atom is -0.330 e. The molecule has 100 valence electrons. The Morgan fingerprint density at radius 1 is 1.00 bits per heavy atom. The second kappa shape index (κ2) is 5.39. The molecule has 20 heavy (non-hydrogen) atoms. The number of nitrogens with two attached hydrogens (primary N) is 1. The summed E-state index contributed by atoms with van der Waals surface area (Å²) >= 11 is 0. The van der Waals surface area contributed by atoms with Crippen LogP contribution in [-0.4, -0.2) is 16.5 Å². The molecule has 1 heterocycles. The van der Waals surface area contributed by atoms with Crippen LogP contribution in [0.4, 0.5) is 0 Å². The van der Waals surface area contributed by atoms with Crippen LogP contribution in [-0.2, 0) is 6.42 Å². The van der Waals surface area contributed by atoms with Gasteiger partial charge < -0.3 is 5.73 Å². The molecule has 0 aliphatic carbocycles. The monoisotopic (exact) mass is 263 g/mol. The van der Waals surface area contributed by atoms with Crippen LogP contribution in [0.25, 0.3) is 22.2 Å². The van der Waals surface area contributed by atoms with Crippen molar-refractivity contribution in [2.45, 2.75) is 13.3 Å². The third kappa shape index (κ3) is 2.40. The molecule has 0 radical (unpaired) electrons. The molecule has 1 aromatic heterocycles. The van der Waals surface area contributed by atoms with E-state index in [0.29, 0.717) is 6.54 Å². The second-order valence-electron chi connectivity index (χ2n) is 4.89. The summed E-state index contributed by atoms with van der Waals surface area (Å²) < 4.78 is 0. The Bertz CT molecular complexity index is 745. The fourth-order valence-electron chi connectivity index (χ4n) is 2.45. The Balaban J connectivity index is 2.20. The predicted octanol–water partition coefficient (Wildman–Crippen LogP) is 3.11. The molecule has 0 spiro atoms. The first-order valence-electron chi connectivity index (χ1n) is 6.80. The normalized spacial score (nSPS) is 10.9. The van der Waals surface area contributed by atoms with Crippen LogP contribution < -0.4 is 5.73 Å². The standard InChI is InChI=1S/C17H17N3/c1-12-11-14(9-10-18)20-17(19-12)16-8-4-6-13-5-2-3-7-15(13)16/h2-8,11H,9-10,18H2,1H3. The highest BCUT2D eigenvalue weighted by molar-refractivity contribution is 5.95. The first-order chi connectivity index (χ1) is 9.78. The van der Waals surface area contributed by atoms with Crippen LogP contribution in [0.1, 0.15) is 11.4 Å². The Kier molecular flexibility index (Phi) is 3.44. The van der Waals surface area contributed by atoms with Crippen molar-refractivity contribution in [2.24, 2.45) is 5.73 Å². The molecule has 0 saturated carbocycles. The molecule has 2 N–H and O–H groups in total. The Labute approximate surface area is 118 Å². The van der Waals surface area contributed by atoms with Crippen molar-refractivity contribution in [3.63, 3.8) is 0 Å². The highest BCUT2D eigenvalue weighted by atomic mass is 14.9. The van der Waals surface area contributed by atoms with Gasteiger partial charge in [-0.05, 0) is 30.3 Å². The summed E-state index contributed by atoms with van der Waals surface area (Å²) in [5, 5.41) is 2.38. The second-order valence-corrected chi connectivity index (χ2v) is 4.89. The highest BCUT2D eigenvalue weighted by Crippen LogP contribution is 2.26. The molecule has 0 saturated heterocycles. The lowest BCUT2D eigenvalue weighted by Crippen LogP contribution is -2.06. The maximum Gasteiger partial charge on any atom is 0.160 e. The van der Waals surface area contributed by atoms with Crippen molar-refractivity contribution in [3.05, 3.63) is 59.9 Å². The largest absolute Gasteiger partial charge is 0.330 e. The van der Waals surface area contributed by atoms with Crippen LogP contribution >= 0.6 is 0 Å². The smallest absolute Gasteiger partial charge is 0.160 e. The number of benzene rings is 2. The van der Waals surface area contributed by atoms with E-state index in [9.17, 15) is 0 Å². The van der Waals surface area contributed by atoms with Gasteiger partial charge in [-0.25, -0.2) is 9.97 Å². The molecular weight excluding hydrogens is 246 g/mol. The SMILES string of the molecule is Cc1cc(CCN)nc(-c2cccc3ccccc23)n1. The van der Waals surface area contributed by atoms with E-state index in [1.165, 1.54) is 10.8 Å². The fourth-order valence-corrected chi connectivity index (χ4v) is 2.45. The van der Waals surface area contributed by atoms with Crippen molar-refractivity contribution in [2.75, 3.05) is 6.54 Å². The summed E-state index contributed by atoms with van der Waals surface area (Å²) in [6, 6.07) is 16.5. The van der Waals surface area contributed by atoms with E-state index in [2.05, 4.69) is 34.2 Å². The van der Waals surface area contributed by atoms with Crippen LogP contribution in [0.5, 0.6) is 0 Å². The molecule has 3 heteroatoms. The topological polar surface area (TPSA) is 51.8 Å². The van der Waals surface area contributed by atoms with Crippen molar-refractivity contribution in [1.82, 2.24) is 9.97 Å². The van der Waals surface area contributed by atoms with Gasteiger partial charge in [0.1, 0.15) is 0 Å². The molecule has 0 aliphatic heterocycles. The summed E-state index contributed by atoms with van der Waals surface area (Å²) in [6.07, 6.45) is 0.779. The molecule has 3 aromatic rings. The lowest BCUT2D eigenvalue weighted by molar-refractivity contribution is 0.905. The van der Waals surface area contributed by atoms with Crippen molar-refractivity contribution >= 4 is 10.8 Å². The van der Waals surface area contributed by atoms with Gasteiger partial charge in [0.25, 0.3) is 0 Å². The molecule has 3 rings (SSSR count). The van der Waals surface area contributed by atoms with Gasteiger partial charge >= 0.3 is 0 Å². The number of aromatic nitrogens is 2. The van der Waals surface area contributed by atoms with Gasteiger partial charge in [0, 0.05) is 23.4 Å². The van der Waals surface area contributed by atoms with E-state index < -0.39 is 0 Å². The fraction of sp³-hybridized carbons (Fsp3) is 0.176. The number of hydrogen-bond acceptors (Lipinski definition) is 3. The third-order valence-corrected chi connectivity index (χ3v) is 3.34. The van der Waals surface area contributed by atoms with Crippen LogP contribution in [0.2, 0.25) is 0 Å². The summed E-state index contributed by atoms with van der Waals surface area (Å²) in [4.78, 5) is 9.24. The number of rotatable bonds is 3. The van der Waals surface area contributed by atoms with Crippen molar-refractivity contribution in [3.8, 4) is 11.4 Å². The van der Waals surface area contributed by atoms with Crippen LogP contribution in [0.15, 0.2) is 48.5 Å². The zero-order chi connectivity index (χ0) is 13.9. The molecule has 3 nitrogen and oxygen atoms in total. The third-order valence-electron chi connectivity index (χ3n) is 3.34. The molecule has 0 aliphatic rings. The zero-order valence-electron chi connectivity index (χ0n) is 11.5. The van der Waals surface area contributed by atoms with Crippen molar-refractivity contribution in [1.29, 1.82) is 0 Å². The molecule has 0 fully saturated rings. The molecule has 0 atom stereocenters. The zero-order valence-corrected chi connectivity index (χ0v) is 11.5. The van der Waals surface area contributed by atoms with E-state index in [4.69, 9.17) is 5.73 Å². The van der Waals surface area contributed by atoms with E-state index in [1.54, 1.807) is 0 Å². The van der Waals surface area contributed by atoms with Crippen LogP contribution in [0.3, 0.4) is 0 Å². The molecule has 0 unspecified atom stereocenters. The number of aryl methyl sites for hydroxylation is 1. The maximum atomic E-state index is 5.63. The van der Waals surface area contributed by atoms with Crippen molar-refractivity contribution < 1.29 is 0 Å². The highest BCUT2D eigenvalue weighted by Gasteiger charge is 2.08. The predicted molar refractivity (Wildman–Crippen MR) is 82.5 cm³/mol. The quantitative estimate of drug-likeness (QED) is 0.790. The van der Waals surface area contributed by atoms with Crippen LogP contribution in [0, 0.1) is 6.92 Å². The van der Waals surface area contributed by atoms with E-state index in [0.717, 1.165) is 29.2 Å².